The summed E-state index contributed by atoms with van der Waals surface area (Å²) in [6.45, 7) is 6.70. The van der Waals surface area contributed by atoms with Gasteiger partial charge in [-0.3, -0.25) is 4.79 Å². The van der Waals surface area contributed by atoms with E-state index in [2.05, 4.69) is 30.0 Å². The van der Waals surface area contributed by atoms with E-state index in [-0.39, 0.29) is 12.0 Å². The Morgan fingerprint density at radius 2 is 2.27 bits per heavy atom. The van der Waals surface area contributed by atoms with Gasteiger partial charge in [0.2, 0.25) is 0 Å². The Morgan fingerprint density at radius 1 is 1.60 bits per heavy atom. The summed E-state index contributed by atoms with van der Waals surface area (Å²) in [6.07, 6.45) is 0. The molecule has 0 aliphatic rings. The summed E-state index contributed by atoms with van der Waals surface area (Å²) < 4.78 is 4.64. The van der Waals surface area contributed by atoms with Gasteiger partial charge < -0.3 is 10.1 Å². The van der Waals surface area contributed by atoms with Crippen molar-refractivity contribution in [1.29, 1.82) is 0 Å². The largest absolute Gasteiger partial charge is 0.468 e. The third kappa shape index (κ3) is 3.32. The molecule has 15 heavy (non-hydrogen) atoms. The summed E-state index contributed by atoms with van der Waals surface area (Å²) >= 11 is 1.78. The van der Waals surface area contributed by atoms with E-state index in [1.807, 2.05) is 0 Å². The number of aryl methyl sites for hydroxylation is 2. The van der Waals surface area contributed by atoms with Crippen molar-refractivity contribution in [3.63, 3.8) is 0 Å². The Labute approximate surface area is 94.5 Å². The lowest BCUT2D eigenvalue weighted by molar-refractivity contribution is -0.142. The minimum absolute atomic E-state index is 0.223. The van der Waals surface area contributed by atoms with Crippen LogP contribution in [0.15, 0.2) is 6.07 Å². The molecule has 84 valence electrons. The van der Waals surface area contributed by atoms with Crippen molar-refractivity contribution in [3.8, 4) is 0 Å². The van der Waals surface area contributed by atoms with Crippen LogP contribution in [0.25, 0.3) is 0 Å². The van der Waals surface area contributed by atoms with Crippen LogP contribution in [0, 0.1) is 13.8 Å². The van der Waals surface area contributed by atoms with E-state index in [1.165, 1.54) is 22.4 Å². The Morgan fingerprint density at radius 3 is 2.73 bits per heavy atom. The van der Waals surface area contributed by atoms with Crippen LogP contribution in [0.5, 0.6) is 0 Å². The SMILES string of the molecule is COC(=O)[C@H](C)NCc1cc(C)sc1C. The molecule has 0 fully saturated rings. The number of ether oxygens (including phenoxy) is 1. The minimum atomic E-state index is -0.255. The van der Waals surface area contributed by atoms with Crippen molar-refractivity contribution in [3.05, 3.63) is 21.4 Å². The van der Waals surface area contributed by atoms with Gasteiger partial charge in [0, 0.05) is 16.3 Å². The van der Waals surface area contributed by atoms with E-state index in [4.69, 9.17) is 0 Å². The van der Waals surface area contributed by atoms with Gasteiger partial charge in [-0.15, -0.1) is 11.3 Å². The van der Waals surface area contributed by atoms with Gasteiger partial charge in [0.25, 0.3) is 0 Å². The normalized spacial score (nSPS) is 12.5. The lowest BCUT2D eigenvalue weighted by atomic mass is 10.2. The van der Waals surface area contributed by atoms with Gasteiger partial charge in [-0.1, -0.05) is 0 Å². The fraction of sp³-hybridized carbons (Fsp3) is 0.545. The number of thiophene rings is 1. The fourth-order valence-electron chi connectivity index (χ4n) is 1.38. The molecule has 1 aromatic rings. The molecular weight excluding hydrogens is 210 g/mol. The highest BCUT2D eigenvalue weighted by molar-refractivity contribution is 7.12. The van der Waals surface area contributed by atoms with Crippen LogP contribution >= 0.6 is 11.3 Å². The molecular formula is C11H17NO2S. The molecule has 0 aromatic carbocycles. The minimum Gasteiger partial charge on any atom is -0.468 e. The van der Waals surface area contributed by atoms with Gasteiger partial charge in [0.15, 0.2) is 0 Å². The predicted molar refractivity (Wildman–Crippen MR) is 62.1 cm³/mol. The van der Waals surface area contributed by atoms with Gasteiger partial charge in [-0.2, -0.15) is 0 Å². The third-order valence-corrected chi connectivity index (χ3v) is 3.31. The molecule has 0 amide bonds. The number of carbonyl (C=O) groups is 1. The van der Waals surface area contributed by atoms with E-state index in [0.717, 1.165) is 0 Å². The monoisotopic (exact) mass is 227 g/mol. The molecule has 1 rings (SSSR count). The molecule has 0 radical (unpaired) electrons. The predicted octanol–water partition coefficient (Wildman–Crippen LogP) is 2.02. The Kier molecular flexibility index (Phi) is 4.29. The number of hydrogen-bond acceptors (Lipinski definition) is 4. The van der Waals surface area contributed by atoms with E-state index in [1.54, 1.807) is 18.3 Å². The van der Waals surface area contributed by atoms with Crippen molar-refractivity contribution in [2.45, 2.75) is 33.4 Å². The summed E-state index contributed by atoms with van der Waals surface area (Å²) in [6, 6.07) is 1.89. The van der Waals surface area contributed by atoms with Gasteiger partial charge in [-0.25, -0.2) is 0 Å². The molecule has 1 N–H and O–H groups in total. The van der Waals surface area contributed by atoms with Crippen LogP contribution in [-0.2, 0) is 16.1 Å². The first-order valence-electron chi connectivity index (χ1n) is 4.91. The lowest BCUT2D eigenvalue weighted by Gasteiger charge is -2.10. The molecule has 4 heteroatoms. The summed E-state index contributed by atoms with van der Waals surface area (Å²) in [5, 5.41) is 3.14. The zero-order chi connectivity index (χ0) is 11.4. The maximum absolute atomic E-state index is 11.1. The number of nitrogens with one attached hydrogen (secondary N) is 1. The first kappa shape index (κ1) is 12.2. The van der Waals surface area contributed by atoms with Crippen molar-refractivity contribution in [2.24, 2.45) is 0 Å². The fourth-order valence-corrected chi connectivity index (χ4v) is 2.33. The average molecular weight is 227 g/mol. The molecule has 0 bridgehead atoms. The van der Waals surface area contributed by atoms with Crippen molar-refractivity contribution < 1.29 is 9.53 Å². The van der Waals surface area contributed by atoms with Crippen LogP contribution in [-0.4, -0.2) is 19.1 Å². The molecule has 3 nitrogen and oxygen atoms in total. The van der Waals surface area contributed by atoms with Crippen molar-refractivity contribution >= 4 is 17.3 Å². The second-order valence-electron chi connectivity index (χ2n) is 3.56. The van der Waals surface area contributed by atoms with Crippen molar-refractivity contribution in [1.82, 2.24) is 5.32 Å². The molecule has 0 spiro atoms. The highest BCUT2D eigenvalue weighted by Crippen LogP contribution is 2.20. The van der Waals surface area contributed by atoms with Crippen LogP contribution in [0.2, 0.25) is 0 Å². The number of rotatable bonds is 4. The first-order valence-corrected chi connectivity index (χ1v) is 5.73. The zero-order valence-electron chi connectivity index (χ0n) is 9.59. The zero-order valence-corrected chi connectivity index (χ0v) is 10.4. The maximum Gasteiger partial charge on any atom is 0.322 e. The number of methoxy groups -OCH3 is 1. The maximum atomic E-state index is 11.1. The highest BCUT2D eigenvalue weighted by Gasteiger charge is 2.12. The van der Waals surface area contributed by atoms with Crippen LogP contribution in [0.1, 0.15) is 22.2 Å². The summed E-state index contributed by atoms with van der Waals surface area (Å²) in [5.74, 6) is -0.223. The summed E-state index contributed by atoms with van der Waals surface area (Å²) in [5.41, 5.74) is 1.26. The molecule has 0 saturated heterocycles. The second-order valence-corrected chi connectivity index (χ2v) is 5.02. The molecule has 0 unspecified atom stereocenters. The summed E-state index contributed by atoms with van der Waals surface area (Å²) in [4.78, 5) is 13.7. The molecule has 1 heterocycles. The van der Waals surface area contributed by atoms with Crippen molar-refractivity contribution in [2.75, 3.05) is 7.11 Å². The molecule has 0 saturated carbocycles. The Hall–Kier alpha value is -0.870. The van der Waals surface area contributed by atoms with E-state index in [9.17, 15) is 4.79 Å². The Balaban J connectivity index is 2.50. The topological polar surface area (TPSA) is 38.3 Å². The number of carbonyl (C=O) groups excluding carboxylic acids is 1. The van der Waals surface area contributed by atoms with Gasteiger partial charge in [0.05, 0.1) is 7.11 Å². The van der Waals surface area contributed by atoms with Crippen LogP contribution < -0.4 is 5.32 Å². The summed E-state index contributed by atoms with van der Waals surface area (Å²) in [7, 11) is 1.40. The molecule has 1 atom stereocenters. The standard InChI is InChI=1S/C11H17NO2S/c1-7-5-10(9(3)15-7)6-12-8(2)11(13)14-4/h5,8,12H,6H2,1-4H3/t8-/m0/s1. The lowest BCUT2D eigenvalue weighted by Crippen LogP contribution is -2.34. The Bertz CT molecular complexity index is 346. The van der Waals surface area contributed by atoms with Gasteiger partial charge >= 0.3 is 5.97 Å². The third-order valence-electron chi connectivity index (χ3n) is 2.30. The van der Waals surface area contributed by atoms with Gasteiger partial charge in [0.1, 0.15) is 6.04 Å². The first-order chi connectivity index (χ1) is 7.04. The molecule has 0 aliphatic heterocycles. The van der Waals surface area contributed by atoms with E-state index < -0.39 is 0 Å². The smallest absolute Gasteiger partial charge is 0.322 e. The molecule has 1 aromatic heterocycles. The van der Waals surface area contributed by atoms with Crippen LogP contribution in [0.4, 0.5) is 0 Å². The number of esters is 1. The average Bonchev–Trinajstić information content (AvgIpc) is 2.52. The number of hydrogen-bond donors (Lipinski definition) is 1. The van der Waals surface area contributed by atoms with E-state index >= 15 is 0 Å². The quantitative estimate of drug-likeness (QED) is 0.800. The van der Waals surface area contributed by atoms with E-state index in [0.29, 0.717) is 6.54 Å². The second kappa shape index (κ2) is 5.28. The van der Waals surface area contributed by atoms with Gasteiger partial charge in [-0.05, 0) is 32.4 Å². The highest BCUT2D eigenvalue weighted by atomic mass is 32.1. The molecule has 0 aliphatic carbocycles. The van der Waals surface area contributed by atoms with Crippen LogP contribution in [0.3, 0.4) is 0 Å².